The zero-order valence-corrected chi connectivity index (χ0v) is 19.3. The zero-order chi connectivity index (χ0) is 22.7. The molecule has 3 heterocycles. The number of carbonyl (C=O) groups is 1. The van der Waals surface area contributed by atoms with Crippen LogP contribution >= 0.6 is 0 Å². The predicted octanol–water partition coefficient (Wildman–Crippen LogP) is 3.47. The van der Waals surface area contributed by atoms with Gasteiger partial charge in [0.2, 0.25) is 0 Å². The van der Waals surface area contributed by atoms with E-state index in [0.717, 1.165) is 16.9 Å². The van der Waals surface area contributed by atoms with E-state index in [2.05, 4.69) is 40.3 Å². The normalized spacial score (nSPS) is 11.7. The number of hydrogen-bond acceptors (Lipinski definition) is 5. The van der Waals surface area contributed by atoms with Gasteiger partial charge in [-0.15, -0.1) is 0 Å². The maximum atomic E-state index is 13.0. The summed E-state index contributed by atoms with van der Waals surface area (Å²) in [5.74, 6) is -0.366. The van der Waals surface area contributed by atoms with Crippen LogP contribution in [0.2, 0.25) is 25.7 Å². The average molecular weight is 451 g/mol. The highest BCUT2D eigenvalue weighted by Gasteiger charge is 2.14. The summed E-state index contributed by atoms with van der Waals surface area (Å²) in [5, 5.41) is 14.6. The maximum Gasteiger partial charge on any atom is 0.278 e. The first-order valence-corrected chi connectivity index (χ1v) is 14.1. The molecule has 4 rings (SSSR count). The van der Waals surface area contributed by atoms with Gasteiger partial charge in [0.1, 0.15) is 12.4 Å². The maximum absolute atomic E-state index is 13.0. The van der Waals surface area contributed by atoms with E-state index >= 15 is 0 Å². The van der Waals surface area contributed by atoms with Gasteiger partial charge in [0, 0.05) is 38.0 Å². The van der Waals surface area contributed by atoms with Gasteiger partial charge in [0.25, 0.3) is 11.5 Å². The molecule has 0 aliphatic heterocycles. The lowest BCUT2D eigenvalue weighted by Crippen LogP contribution is -2.24. The molecular formula is C22H26N6O3Si. The molecule has 0 bridgehead atoms. The summed E-state index contributed by atoms with van der Waals surface area (Å²) < 4.78 is 8.80. The van der Waals surface area contributed by atoms with Crippen molar-refractivity contribution in [2.45, 2.75) is 32.4 Å². The van der Waals surface area contributed by atoms with Crippen LogP contribution in [-0.4, -0.2) is 45.1 Å². The minimum Gasteiger partial charge on any atom is -0.360 e. The highest BCUT2D eigenvalue weighted by Crippen LogP contribution is 2.14. The Morgan fingerprint density at radius 2 is 2.09 bits per heavy atom. The second kappa shape index (κ2) is 8.93. The third kappa shape index (κ3) is 5.03. The van der Waals surface area contributed by atoms with E-state index in [-0.39, 0.29) is 17.2 Å². The van der Waals surface area contributed by atoms with E-state index in [1.165, 1.54) is 4.57 Å². The minimum atomic E-state index is -1.14. The number of hydrogen-bond donors (Lipinski definition) is 2. The van der Waals surface area contributed by atoms with E-state index in [0.29, 0.717) is 24.6 Å². The van der Waals surface area contributed by atoms with Gasteiger partial charge in [-0.25, -0.2) is 4.68 Å². The summed E-state index contributed by atoms with van der Waals surface area (Å²) in [6.07, 6.45) is 6.70. The molecule has 1 aromatic carbocycles. The summed E-state index contributed by atoms with van der Waals surface area (Å²) >= 11 is 0. The fourth-order valence-corrected chi connectivity index (χ4v) is 3.91. The van der Waals surface area contributed by atoms with E-state index in [1.54, 1.807) is 59.8 Å². The van der Waals surface area contributed by atoms with Crippen LogP contribution in [0.5, 0.6) is 0 Å². The molecule has 0 saturated heterocycles. The molecule has 0 atom stereocenters. The average Bonchev–Trinajstić information content (AvgIpc) is 3.41. The molecule has 0 radical (unpaired) electrons. The first kappa shape index (κ1) is 21.7. The van der Waals surface area contributed by atoms with E-state index in [4.69, 9.17) is 4.74 Å². The predicted molar refractivity (Wildman–Crippen MR) is 126 cm³/mol. The van der Waals surface area contributed by atoms with Gasteiger partial charge in [0.15, 0.2) is 0 Å². The monoisotopic (exact) mass is 450 g/mol. The number of aromatic amines is 1. The van der Waals surface area contributed by atoms with Crippen molar-refractivity contribution in [2.24, 2.45) is 0 Å². The molecule has 3 aromatic heterocycles. The second-order valence-corrected chi connectivity index (χ2v) is 14.4. The highest BCUT2D eigenvalue weighted by molar-refractivity contribution is 6.76. The van der Waals surface area contributed by atoms with Crippen molar-refractivity contribution in [2.75, 3.05) is 11.9 Å². The largest absolute Gasteiger partial charge is 0.360 e. The number of pyridine rings is 1. The van der Waals surface area contributed by atoms with Gasteiger partial charge < -0.3 is 10.1 Å². The molecule has 0 aliphatic carbocycles. The molecular weight excluding hydrogens is 424 g/mol. The quantitative estimate of drug-likeness (QED) is 0.316. The summed E-state index contributed by atoms with van der Waals surface area (Å²) in [6, 6.07) is 9.52. The topological polar surface area (TPSA) is 107 Å². The van der Waals surface area contributed by atoms with Gasteiger partial charge in [-0.3, -0.25) is 19.3 Å². The van der Waals surface area contributed by atoms with Crippen LogP contribution in [0, 0.1) is 0 Å². The molecule has 1 amide bonds. The fraction of sp³-hybridized carbons (Fsp3) is 0.273. The molecule has 0 aliphatic rings. The number of fused-ring (bicyclic) bond motifs is 1. The number of ether oxygens (including phenoxy) is 1. The van der Waals surface area contributed by atoms with Crippen molar-refractivity contribution in [3.8, 4) is 5.69 Å². The first-order valence-electron chi connectivity index (χ1n) is 10.4. The van der Waals surface area contributed by atoms with Crippen LogP contribution in [0.4, 0.5) is 5.69 Å². The molecule has 0 fully saturated rings. The number of aromatic nitrogens is 5. The van der Waals surface area contributed by atoms with Gasteiger partial charge in [-0.1, -0.05) is 19.6 Å². The Morgan fingerprint density at radius 3 is 2.91 bits per heavy atom. The minimum absolute atomic E-state index is 0.184. The van der Waals surface area contributed by atoms with Crippen molar-refractivity contribution in [3.05, 3.63) is 71.0 Å². The second-order valence-electron chi connectivity index (χ2n) is 8.80. The first-order chi connectivity index (χ1) is 15.3. The Bertz CT molecular complexity index is 1300. The van der Waals surface area contributed by atoms with Gasteiger partial charge in [-0.2, -0.15) is 10.2 Å². The van der Waals surface area contributed by atoms with Crippen molar-refractivity contribution in [3.63, 3.8) is 0 Å². The molecule has 0 unspecified atom stereocenters. The van der Waals surface area contributed by atoms with E-state index in [1.807, 2.05) is 0 Å². The Kier molecular flexibility index (Phi) is 6.06. The van der Waals surface area contributed by atoms with Crippen molar-refractivity contribution in [1.29, 1.82) is 0 Å². The van der Waals surface area contributed by atoms with Crippen LogP contribution in [0.25, 0.3) is 16.6 Å². The molecule has 166 valence electrons. The summed E-state index contributed by atoms with van der Waals surface area (Å²) in [6.45, 7) is 7.92. The van der Waals surface area contributed by atoms with Crippen LogP contribution in [0.3, 0.4) is 0 Å². The fourth-order valence-electron chi connectivity index (χ4n) is 3.16. The molecule has 32 heavy (non-hydrogen) atoms. The summed E-state index contributed by atoms with van der Waals surface area (Å²) in [4.78, 5) is 25.6. The van der Waals surface area contributed by atoms with Crippen molar-refractivity contribution in [1.82, 2.24) is 24.5 Å². The van der Waals surface area contributed by atoms with Gasteiger partial charge >= 0.3 is 0 Å². The van der Waals surface area contributed by atoms with Crippen molar-refractivity contribution < 1.29 is 9.53 Å². The number of anilines is 1. The summed E-state index contributed by atoms with van der Waals surface area (Å²) in [5.41, 5.74) is 1.65. The molecule has 0 saturated carbocycles. The number of benzene rings is 1. The SMILES string of the molecule is C[Si](C)(C)CCOCn1cc(-n2cccc(NC(=O)c3ccc4n[nH]cc4c3)c2=O)cn1. The Labute approximate surface area is 186 Å². The highest BCUT2D eigenvalue weighted by atomic mass is 28.3. The van der Waals surface area contributed by atoms with Gasteiger partial charge in [0.05, 0.1) is 23.6 Å². The standard InChI is InChI=1S/C22H26N6O3Si/c1-32(2,3)10-9-31-15-27-14-18(13-24-27)28-8-4-5-20(22(28)30)25-21(29)16-6-7-19-17(11-16)12-23-26-19/h4-8,11-14H,9-10,15H2,1-3H3,(H,23,26)(H,25,29). The summed E-state index contributed by atoms with van der Waals surface area (Å²) in [7, 11) is -1.14. The van der Waals surface area contributed by atoms with Crippen molar-refractivity contribution >= 4 is 30.6 Å². The number of carbonyl (C=O) groups excluding carboxylic acids is 1. The molecule has 0 spiro atoms. The Balaban J connectivity index is 1.46. The van der Waals surface area contributed by atoms with E-state index < -0.39 is 8.07 Å². The Morgan fingerprint density at radius 1 is 1.25 bits per heavy atom. The van der Waals surface area contributed by atoms with Crippen LogP contribution in [0.15, 0.2) is 59.9 Å². The lowest BCUT2D eigenvalue weighted by molar-refractivity contribution is 0.0786. The smallest absolute Gasteiger partial charge is 0.278 e. The van der Waals surface area contributed by atoms with Gasteiger partial charge in [-0.05, 0) is 36.4 Å². The number of rotatable bonds is 8. The number of nitrogens with one attached hydrogen (secondary N) is 2. The van der Waals surface area contributed by atoms with Crippen LogP contribution < -0.4 is 10.9 Å². The number of nitrogens with zero attached hydrogens (tertiary/aromatic N) is 4. The third-order valence-corrected chi connectivity index (χ3v) is 6.71. The molecule has 9 nitrogen and oxygen atoms in total. The molecule has 10 heteroatoms. The molecule has 4 aromatic rings. The number of H-pyrrole nitrogens is 1. The zero-order valence-electron chi connectivity index (χ0n) is 18.3. The van der Waals surface area contributed by atoms with Crippen LogP contribution in [-0.2, 0) is 11.5 Å². The van der Waals surface area contributed by atoms with Crippen LogP contribution in [0.1, 0.15) is 10.4 Å². The van der Waals surface area contributed by atoms with E-state index in [9.17, 15) is 9.59 Å². The number of amides is 1. The lowest BCUT2D eigenvalue weighted by Gasteiger charge is -2.15. The lowest BCUT2D eigenvalue weighted by atomic mass is 10.1. The Hall–Kier alpha value is -3.50. The molecule has 2 N–H and O–H groups in total. The third-order valence-electron chi connectivity index (χ3n) is 5.01.